The van der Waals surface area contributed by atoms with E-state index in [4.69, 9.17) is 0 Å². The number of thiophene rings is 1. The van der Waals surface area contributed by atoms with Crippen LogP contribution in [0.1, 0.15) is 23.5 Å². The van der Waals surface area contributed by atoms with Crippen molar-refractivity contribution in [3.05, 3.63) is 53.4 Å². The van der Waals surface area contributed by atoms with Crippen LogP contribution in [-0.2, 0) is 0 Å². The third kappa shape index (κ3) is 2.87. The van der Waals surface area contributed by atoms with E-state index in [0.717, 1.165) is 17.7 Å². The Morgan fingerprint density at radius 3 is 2.70 bits per heavy atom. The maximum Gasteiger partial charge on any atom is 0.291 e. The van der Waals surface area contributed by atoms with E-state index in [0.29, 0.717) is 11.5 Å². The molecular formula is C16H13FN4OS. The van der Waals surface area contributed by atoms with Gasteiger partial charge in [0.05, 0.1) is 10.6 Å². The van der Waals surface area contributed by atoms with Crippen LogP contribution in [0.3, 0.4) is 0 Å². The van der Waals surface area contributed by atoms with Gasteiger partial charge in [0.2, 0.25) is 5.82 Å². The zero-order valence-corrected chi connectivity index (χ0v) is 12.9. The van der Waals surface area contributed by atoms with Gasteiger partial charge in [-0.25, -0.2) is 14.1 Å². The van der Waals surface area contributed by atoms with Crippen LogP contribution in [0.15, 0.2) is 41.8 Å². The standard InChI is InChI=1S/C16H13FN4OS/c17-10-3-7-12(8-4-10)21-15(13-2-1-9-23-13)19-14(20-21)16(22)18-11-5-6-11/h1-4,7-9,11H,5-6H2,(H,18,22). The largest absolute Gasteiger partial charge is 0.347 e. The van der Waals surface area contributed by atoms with Gasteiger partial charge in [0.1, 0.15) is 5.82 Å². The normalized spacial score (nSPS) is 14.0. The second-order valence-electron chi connectivity index (χ2n) is 5.37. The Bertz CT molecular complexity index is 838. The summed E-state index contributed by atoms with van der Waals surface area (Å²) in [6, 6.07) is 10.0. The molecule has 1 amide bonds. The molecule has 1 saturated carbocycles. The molecule has 1 aliphatic rings. The predicted octanol–water partition coefficient (Wildman–Crippen LogP) is 3.03. The van der Waals surface area contributed by atoms with Crippen molar-refractivity contribution in [2.75, 3.05) is 0 Å². The molecule has 3 aromatic rings. The Morgan fingerprint density at radius 1 is 1.26 bits per heavy atom. The average molecular weight is 328 g/mol. The van der Waals surface area contributed by atoms with Crippen LogP contribution >= 0.6 is 11.3 Å². The molecule has 1 fully saturated rings. The number of aromatic nitrogens is 3. The number of benzene rings is 1. The second kappa shape index (κ2) is 5.58. The van der Waals surface area contributed by atoms with E-state index in [1.165, 1.54) is 23.5 Å². The van der Waals surface area contributed by atoms with Gasteiger partial charge in [0.25, 0.3) is 5.91 Å². The number of amides is 1. The molecule has 0 saturated heterocycles. The number of hydrogen-bond donors (Lipinski definition) is 1. The molecule has 4 rings (SSSR count). The van der Waals surface area contributed by atoms with Gasteiger partial charge in [0, 0.05) is 6.04 Å². The molecule has 0 bridgehead atoms. The van der Waals surface area contributed by atoms with E-state index in [2.05, 4.69) is 15.4 Å². The van der Waals surface area contributed by atoms with Gasteiger partial charge in [-0.2, -0.15) is 0 Å². The van der Waals surface area contributed by atoms with E-state index >= 15 is 0 Å². The zero-order valence-electron chi connectivity index (χ0n) is 12.1. The van der Waals surface area contributed by atoms with Crippen LogP contribution in [0.2, 0.25) is 0 Å². The van der Waals surface area contributed by atoms with E-state index in [1.807, 2.05) is 17.5 Å². The summed E-state index contributed by atoms with van der Waals surface area (Å²) in [6.45, 7) is 0. The maximum atomic E-state index is 13.2. The van der Waals surface area contributed by atoms with Crippen molar-refractivity contribution in [1.29, 1.82) is 0 Å². The summed E-state index contributed by atoms with van der Waals surface area (Å²) < 4.78 is 14.7. The third-order valence-corrected chi connectivity index (χ3v) is 4.40. The van der Waals surface area contributed by atoms with Gasteiger partial charge in [0.15, 0.2) is 5.82 Å². The molecule has 5 nitrogen and oxygen atoms in total. The molecular weight excluding hydrogens is 315 g/mol. The van der Waals surface area contributed by atoms with E-state index in [1.54, 1.807) is 16.8 Å². The first kappa shape index (κ1) is 14.1. The highest BCUT2D eigenvalue weighted by Gasteiger charge is 2.27. The fourth-order valence-corrected chi connectivity index (χ4v) is 2.91. The van der Waals surface area contributed by atoms with Crippen molar-refractivity contribution in [3.8, 4) is 16.4 Å². The molecule has 2 aromatic heterocycles. The quantitative estimate of drug-likeness (QED) is 0.801. The molecule has 2 heterocycles. The first-order valence-corrected chi connectivity index (χ1v) is 8.16. The monoisotopic (exact) mass is 328 g/mol. The van der Waals surface area contributed by atoms with Gasteiger partial charge in [-0.1, -0.05) is 6.07 Å². The van der Waals surface area contributed by atoms with Crippen molar-refractivity contribution in [1.82, 2.24) is 20.1 Å². The van der Waals surface area contributed by atoms with Crippen molar-refractivity contribution >= 4 is 17.2 Å². The lowest BCUT2D eigenvalue weighted by Crippen LogP contribution is -2.26. The molecule has 0 atom stereocenters. The number of carbonyl (C=O) groups excluding carboxylic acids is 1. The molecule has 116 valence electrons. The highest BCUT2D eigenvalue weighted by molar-refractivity contribution is 7.13. The average Bonchev–Trinajstić information content (AvgIpc) is 3.05. The minimum atomic E-state index is -0.321. The van der Waals surface area contributed by atoms with Gasteiger partial charge in [-0.15, -0.1) is 16.4 Å². The van der Waals surface area contributed by atoms with Crippen molar-refractivity contribution in [3.63, 3.8) is 0 Å². The van der Waals surface area contributed by atoms with Crippen LogP contribution in [-0.4, -0.2) is 26.7 Å². The summed E-state index contributed by atoms with van der Waals surface area (Å²) >= 11 is 1.51. The van der Waals surface area contributed by atoms with Gasteiger partial charge < -0.3 is 5.32 Å². The number of rotatable bonds is 4. The van der Waals surface area contributed by atoms with Crippen LogP contribution in [0.25, 0.3) is 16.4 Å². The molecule has 7 heteroatoms. The first-order valence-electron chi connectivity index (χ1n) is 7.28. The SMILES string of the molecule is O=C(NC1CC1)c1nc(-c2cccs2)n(-c2ccc(F)cc2)n1. The Balaban J connectivity index is 1.77. The Morgan fingerprint density at radius 2 is 2.04 bits per heavy atom. The first-order chi connectivity index (χ1) is 11.2. The van der Waals surface area contributed by atoms with Crippen LogP contribution in [0.4, 0.5) is 4.39 Å². The van der Waals surface area contributed by atoms with Crippen LogP contribution < -0.4 is 5.32 Å². The minimum absolute atomic E-state index is 0.129. The zero-order chi connectivity index (χ0) is 15.8. The summed E-state index contributed by atoms with van der Waals surface area (Å²) in [6.07, 6.45) is 2.00. The summed E-state index contributed by atoms with van der Waals surface area (Å²) in [5, 5.41) is 9.14. The number of nitrogens with one attached hydrogen (secondary N) is 1. The maximum absolute atomic E-state index is 13.2. The van der Waals surface area contributed by atoms with Gasteiger partial charge >= 0.3 is 0 Å². The smallest absolute Gasteiger partial charge is 0.291 e. The van der Waals surface area contributed by atoms with Crippen molar-refractivity contribution in [2.45, 2.75) is 18.9 Å². The number of hydrogen-bond acceptors (Lipinski definition) is 4. The van der Waals surface area contributed by atoms with E-state index in [-0.39, 0.29) is 23.6 Å². The highest BCUT2D eigenvalue weighted by Crippen LogP contribution is 2.26. The van der Waals surface area contributed by atoms with Crippen LogP contribution in [0.5, 0.6) is 0 Å². The molecule has 1 aliphatic carbocycles. The molecule has 23 heavy (non-hydrogen) atoms. The second-order valence-corrected chi connectivity index (χ2v) is 6.32. The molecule has 1 aromatic carbocycles. The lowest BCUT2D eigenvalue weighted by Gasteiger charge is -2.03. The Kier molecular flexibility index (Phi) is 3.42. The number of halogens is 1. The fraction of sp³-hybridized carbons (Fsp3) is 0.188. The number of nitrogens with zero attached hydrogens (tertiary/aromatic N) is 3. The molecule has 1 N–H and O–H groups in total. The van der Waals surface area contributed by atoms with E-state index in [9.17, 15) is 9.18 Å². The summed E-state index contributed by atoms with van der Waals surface area (Å²) in [5.41, 5.74) is 0.660. The summed E-state index contributed by atoms with van der Waals surface area (Å²) in [7, 11) is 0. The topological polar surface area (TPSA) is 59.8 Å². The van der Waals surface area contributed by atoms with Crippen molar-refractivity contribution < 1.29 is 9.18 Å². The van der Waals surface area contributed by atoms with Crippen LogP contribution in [0, 0.1) is 5.82 Å². The van der Waals surface area contributed by atoms with Crippen molar-refractivity contribution in [2.24, 2.45) is 0 Å². The Hall–Kier alpha value is -2.54. The highest BCUT2D eigenvalue weighted by atomic mass is 32.1. The predicted molar refractivity (Wildman–Crippen MR) is 85.1 cm³/mol. The lowest BCUT2D eigenvalue weighted by atomic mass is 10.3. The van der Waals surface area contributed by atoms with E-state index < -0.39 is 0 Å². The fourth-order valence-electron chi connectivity index (χ4n) is 2.21. The molecule has 0 aliphatic heterocycles. The molecule has 0 spiro atoms. The summed E-state index contributed by atoms with van der Waals surface area (Å²) in [5.74, 6) is 0.113. The van der Waals surface area contributed by atoms with Gasteiger partial charge in [-0.3, -0.25) is 4.79 Å². The lowest BCUT2D eigenvalue weighted by molar-refractivity contribution is 0.0941. The Labute approximate surface area is 135 Å². The number of carbonyl (C=O) groups is 1. The third-order valence-electron chi connectivity index (χ3n) is 3.54. The molecule has 0 radical (unpaired) electrons. The molecule has 0 unspecified atom stereocenters. The van der Waals surface area contributed by atoms with Gasteiger partial charge in [-0.05, 0) is 48.6 Å². The minimum Gasteiger partial charge on any atom is -0.347 e. The summed E-state index contributed by atoms with van der Waals surface area (Å²) in [4.78, 5) is 17.5.